The SMILES string of the molecule is CC(=O)O/C=C/[C@H](CC(C)C)c1ccccc1. The van der Waals surface area contributed by atoms with Gasteiger partial charge in [0.05, 0.1) is 6.26 Å². The van der Waals surface area contributed by atoms with E-state index < -0.39 is 0 Å². The fraction of sp³-hybridized carbons (Fsp3) is 0.400. The van der Waals surface area contributed by atoms with Crippen LogP contribution < -0.4 is 0 Å². The Labute approximate surface area is 103 Å². The number of rotatable bonds is 5. The first-order chi connectivity index (χ1) is 8.09. The molecule has 2 heteroatoms. The van der Waals surface area contributed by atoms with Crippen molar-refractivity contribution in [2.24, 2.45) is 5.92 Å². The Hall–Kier alpha value is -1.57. The van der Waals surface area contributed by atoms with Gasteiger partial charge in [-0.15, -0.1) is 0 Å². The Bertz CT molecular complexity index is 366. The zero-order valence-electron chi connectivity index (χ0n) is 10.7. The van der Waals surface area contributed by atoms with Gasteiger partial charge in [-0.2, -0.15) is 0 Å². The fourth-order valence-electron chi connectivity index (χ4n) is 1.76. The van der Waals surface area contributed by atoms with Crippen molar-refractivity contribution in [3.8, 4) is 0 Å². The lowest BCUT2D eigenvalue weighted by Gasteiger charge is -2.15. The molecule has 0 bridgehead atoms. The highest BCUT2D eigenvalue weighted by atomic mass is 16.5. The van der Waals surface area contributed by atoms with E-state index in [-0.39, 0.29) is 5.97 Å². The summed E-state index contributed by atoms with van der Waals surface area (Å²) in [6.45, 7) is 5.79. The zero-order chi connectivity index (χ0) is 12.7. The van der Waals surface area contributed by atoms with E-state index in [0.29, 0.717) is 11.8 Å². The van der Waals surface area contributed by atoms with Crippen LogP contribution in [0.15, 0.2) is 42.7 Å². The van der Waals surface area contributed by atoms with Crippen molar-refractivity contribution in [3.05, 3.63) is 48.2 Å². The first-order valence-electron chi connectivity index (χ1n) is 5.98. The summed E-state index contributed by atoms with van der Waals surface area (Å²) in [4.78, 5) is 10.7. The predicted octanol–water partition coefficient (Wildman–Crippen LogP) is 3.89. The van der Waals surface area contributed by atoms with E-state index in [1.54, 1.807) is 0 Å². The van der Waals surface area contributed by atoms with Crippen LogP contribution in [0.3, 0.4) is 0 Å². The van der Waals surface area contributed by atoms with E-state index in [0.717, 1.165) is 6.42 Å². The minimum absolute atomic E-state index is 0.280. The zero-order valence-corrected chi connectivity index (χ0v) is 10.7. The van der Waals surface area contributed by atoms with E-state index in [4.69, 9.17) is 4.74 Å². The molecule has 1 aromatic carbocycles. The molecule has 1 atom stereocenters. The molecule has 0 aliphatic carbocycles. The van der Waals surface area contributed by atoms with E-state index in [9.17, 15) is 4.79 Å². The Morgan fingerprint density at radius 3 is 2.47 bits per heavy atom. The molecule has 1 aromatic rings. The van der Waals surface area contributed by atoms with Crippen molar-refractivity contribution >= 4 is 5.97 Å². The monoisotopic (exact) mass is 232 g/mol. The second kappa shape index (κ2) is 6.89. The van der Waals surface area contributed by atoms with E-state index in [1.165, 1.54) is 18.7 Å². The summed E-state index contributed by atoms with van der Waals surface area (Å²) in [7, 11) is 0. The van der Waals surface area contributed by atoms with Gasteiger partial charge in [0.15, 0.2) is 0 Å². The Kier molecular flexibility index (Phi) is 5.47. The molecular formula is C15H20O2. The molecule has 92 valence electrons. The molecule has 0 aliphatic heterocycles. The average Bonchev–Trinajstić information content (AvgIpc) is 2.28. The molecule has 0 spiro atoms. The number of carbonyl (C=O) groups excluding carboxylic acids is 1. The molecule has 0 radical (unpaired) electrons. The van der Waals surface area contributed by atoms with Crippen LogP contribution in [0.1, 0.15) is 38.7 Å². The summed E-state index contributed by atoms with van der Waals surface area (Å²) in [5, 5.41) is 0. The third-order valence-electron chi connectivity index (χ3n) is 2.50. The van der Waals surface area contributed by atoms with Gasteiger partial charge in [-0.1, -0.05) is 44.2 Å². The summed E-state index contributed by atoms with van der Waals surface area (Å²) < 4.78 is 4.86. The Balaban J connectivity index is 2.74. The van der Waals surface area contributed by atoms with Crippen LogP contribution in [-0.4, -0.2) is 5.97 Å². The largest absolute Gasteiger partial charge is 0.435 e. The molecule has 0 N–H and O–H groups in total. The third-order valence-corrected chi connectivity index (χ3v) is 2.50. The first kappa shape index (κ1) is 13.5. The van der Waals surface area contributed by atoms with Gasteiger partial charge in [0.1, 0.15) is 0 Å². The van der Waals surface area contributed by atoms with Gasteiger partial charge >= 0.3 is 5.97 Å². The topological polar surface area (TPSA) is 26.3 Å². The van der Waals surface area contributed by atoms with Gasteiger partial charge in [0, 0.05) is 12.8 Å². The van der Waals surface area contributed by atoms with Crippen molar-refractivity contribution < 1.29 is 9.53 Å². The lowest BCUT2D eigenvalue weighted by atomic mass is 9.90. The number of esters is 1. The first-order valence-corrected chi connectivity index (χ1v) is 5.98. The number of ether oxygens (including phenoxy) is 1. The number of hydrogen-bond donors (Lipinski definition) is 0. The van der Waals surface area contributed by atoms with Crippen LogP contribution >= 0.6 is 0 Å². The van der Waals surface area contributed by atoms with Crippen molar-refractivity contribution in [3.63, 3.8) is 0 Å². The van der Waals surface area contributed by atoms with E-state index >= 15 is 0 Å². The molecule has 0 fully saturated rings. The van der Waals surface area contributed by atoms with E-state index in [1.807, 2.05) is 24.3 Å². The van der Waals surface area contributed by atoms with Crippen molar-refractivity contribution in [2.75, 3.05) is 0 Å². The second-order valence-corrected chi connectivity index (χ2v) is 4.58. The maximum atomic E-state index is 10.7. The number of carbonyl (C=O) groups is 1. The van der Waals surface area contributed by atoms with Crippen molar-refractivity contribution in [1.82, 2.24) is 0 Å². The molecule has 0 aromatic heterocycles. The van der Waals surface area contributed by atoms with Gasteiger partial charge in [0.25, 0.3) is 0 Å². The minimum atomic E-state index is -0.280. The third kappa shape index (κ3) is 5.34. The van der Waals surface area contributed by atoms with Crippen LogP contribution in [0.25, 0.3) is 0 Å². The number of benzene rings is 1. The van der Waals surface area contributed by atoms with E-state index in [2.05, 4.69) is 26.0 Å². The molecule has 2 nitrogen and oxygen atoms in total. The average molecular weight is 232 g/mol. The maximum Gasteiger partial charge on any atom is 0.307 e. The molecule has 0 aliphatic rings. The molecule has 0 saturated heterocycles. The summed E-state index contributed by atoms with van der Waals surface area (Å²) in [5.74, 6) is 0.621. The second-order valence-electron chi connectivity index (χ2n) is 4.58. The molecule has 0 unspecified atom stereocenters. The lowest BCUT2D eigenvalue weighted by molar-refractivity contribution is -0.135. The highest BCUT2D eigenvalue weighted by Gasteiger charge is 2.09. The lowest BCUT2D eigenvalue weighted by Crippen LogP contribution is -2.01. The predicted molar refractivity (Wildman–Crippen MR) is 69.5 cm³/mol. The fourth-order valence-corrected chi connectivity index (χ4v) is 1.76. The Morgan fingerprint density at radius 2 is 1.94 bits per heavy atom. The number of hydrogen-bond acceptors (Lipinski definition) is 2. The van der Waals surface area contributed by atoms with Crippen LogP contribution in [0, 0.1) is 5.92 Å². The minimum Gasteiger partial charge on any atom is -0.435 e. The molecular weight excluding hydrogens is 212 g/mol. The molecule has 0 heterocycles. The summed E-state index contributed by atoms with van der Waals surface area (Å²) in [6, 6.07) is 10.3. The normalized spacial score (nSPS) is 12.9. The van der Waals surface area contributed by atoms with Crippen LogP contribution in [0.5, 0.6) is 0 Å². The van der Waals surface area contributed by atoms with Crippen LogP contribution in [-0.2, 0) is 9.53 Å². The maximum absolute atomic E-state index is 10.7. The van der Waals surface area contributed by atoms with Gasteiger partial charge < -0.3 is 4.74 Å². The molecule has 1 rings (SSSR count). The molecule has 0 amide bonds. The quantitative estimate of drug-likeness (QED) is 0.568. The van der Waals surface area contributed by atoms with Crippen molar-refractivity contribution in [1.29, 1.82) is 0 Å². The summed E-state index contributed by atoms with van der Waals surface area (Å²) in [5.41, 5.74) is 1.25. The van der Waals surface area contributed by atoms with Crippen LogP contribution in [0.4, 0.5) is 0 Å². The summed E-state index contributed by atoms with van der Waals surface area (Å²) in [6.07, 6.45) is 4.50. The van der Waals surface area contributed by atoms with Gasteiger partial charge in [0.2, 0.25) is 0 Å². The Morgan fingerprint density at radius 1 is 1.29 bits per heavy atom. The highest BCUT2D eigenvalue weighted by molar-refractivity contribution is 5.66. The smallest absolute Gasteiger partial charge is 0.307 e. The molecule has 0 saturated carbocycles. The number of allylic oxidation sites excluding steroid dienone is 1. The van der Waals surface area contributed by atoms with Gasteiger partial charge in [-0.05, 0) is 24.0 Å². The van der Waals surface area contributed by atoms with Crippen LogP contribution in [0.2, 0.25) is 0 Å². The van der Waals surface area contributed by atoms with Gasteiger partial charge in [-0.25, -0.2) is 0 Å². The highest BCUT2D eigenvalue weighted by Crippen LogP contribution is 2.24. The standard InChI is InChI=1S/C15H20O2/c1-12(2)11-15(9-10-17-13(3)16)14-7-5-4-6-8-14/h4-10,12,15H,11H2,1-3H3/b10-9+/t15-/m1/s1. The van der Waals surface area contributed by atoms with Crippen molar-refractivity contribution in [2.45, 2.75) is 33.1 Å². The van der Waals surface area contributed by atoms with Gasteiger partial charge in [-0.3, -0.25) is 4.79 Å². The molecule has 17 heavy (non-hydrogen) atoms. The summed E-state index contributed by atoms with van der Waals surface area (Å²) >= 11 is 0.